The van der Waals surface area contributed by atoms with Crippen molar-refractivity contribution in [2.24, 2.45) is 0 Å². The van der Waals surface area contributed by atoms with E-state index in [9.17, 15) is 9.50 Å². The van der Waals surface area contributed by atoms with E-state index < -0.39 is 5.60 Å². The summed E-state index contributed by atoms with van der Waals surface area (Å²) < 4.78 is 18.9. The molecule has 3 nitrogen and oxygen atoms in total. The Morgan fingerprint density at radius 1 is 1.37 bits per heavy atom. The first-order chi connectivity index (χ1) is 9.18. The fraction of sp³-hybridized carbons (Fsp3) is 0.600. The summed E-state index contributed by atoms with van der Waals surface area (Å²) in [6.45, 7) is 1.79. The standard InChI is InChI=1S/C15H20FNO2/c16-13-3-1-2-12-11(13)4-5-14(12)17-10-15(18)6-8-19-9-7-15/h1-3,14,17-18H,4-10H2. The van der Waals surface area contributed by atoms with Gasteiger partial charge in [0.25, 0.3) is 0 Å². The van der Waals surface area contributed by atoms with E-state index in [4.69, 9.17) is 4.74 Å². The highest BCUT2D eigenvalue weighted by Crippen LogP contribution is 2.33. The molecule has 1 saturated heterocycles. The Morgan fingerprint density at radius 3 is 2.95 bits per heavy atom. The number of rotatable bonds is 3. The lowest BCUT2D eigenvalue weighted by atomic mass is 9.94. The van der Waals surface area contributed by atoms with Gasteiger partial charge in [-0.15, -0.1) is 0 Å². The first-order valence-corrected chi connectivity index (χ1v) is 6.99. The van der Waals surface area contributed by atoms with E-state index in [0.717, 1.165) is 24.0 Å². The van der Waals surface area contributed by atoms with E-state index >= 15 is 0 Å². The number of nitrogens with one attached hydrogen (secondary N) is 1. The van der Waals surface area contributed by atoms with Gasteiger partial charge in [-0.25, -0.2) is 4.39 Å². The summed E-state index contributed by atoms with van der Waals surface area (Å²) in [4.78, 5) is 0. The van der Waals surface area contributed by atoms with Gasteiger partial charge in [-0.1, -0.05) is 12.1 Å². The Bertz CT molecular complexity index is 457. The van der Waals surface area contributed by atoms with Crippen LogP contribution in [0.3, 0.4) is 0 Å². The molecule has 1 aliphatic heterocycles. The molecule has 1 heterocycles. The molecule has 104 valence electrons. The molecule has 1 aliphatic carbocycles. The summed E-state index contributed by atoms with van der Waals surface area (Å²) in [5.74, 6) is -0.105. The molecule has 4 heteroatoms. The molecule has 2 N–H and O–H groups in total. The Hall–Kier alpha value is -0.970. The molecule has 19 heavy (non-hydrogen) atoms. The van der Waals surface area contributed by atoms with Crippen molar-refractivity contribution >= 4 is 0 Å². The monoisotopic (exact) mass is 265 g/mol. The van der Waals surface area contributed by atoms with Gasteiger partial charge in [-0.3, -0.25) is 0 Å². The van der Waals surface area contributed by atoms with Crippen molar-refractivity contribution in [3.05, 3.63) is 35.1 Å². The summed E-state index contributed by atoms with van der Waals surface area (Å²) in [6, 6.07) is 5.43. The highest BCUT2D eigenvalue weighted by atomic mass is 19.1. The maximum Gasteiger partial charge on any atom is 0.126 e. The highest BCUT2D eigenvalue weighted by molar-refractivity contribution is 5.35. The molecule has 0 saturated carbocycles. The van der Waals surface area contributed by atoms with Gasteiger partial charge in [-0.2, -0.15) is 0 Å². The number of benzene rings is 1. The van der Waals surface area contributed by atoms with E-state index in [1.54, 1.807) is 6.07 Å². The summed E-state index contributed by atoms with van der Waals surface area (Å²) in [7, 11) is 0. The number of hydrogen-bond donors (Lipinski definition) is 2. The smallest absolute Gasteiger partial charge is 0.126 e. The zero-order valence-electron chi connectivity index (χ0n) is 11.0. The second-order valence-corrected chi connectivity index (χ2v) is 5.62. The molecule has 0 spiro atoms. The third kappa shape index (κ3) is 2.66. The number of hydrogen-bond acceptors (Lipinski definition) is 3. The van der Waals surface area contributed by atoms with Gasteiger partial charge in [0.2, 0.25) is 0 Å². The minimum atomic E-state index is -0.672. The van der Waals surface area contributed by atoms with Crippen LogP contribution >= 0.6 is 0 Å². The van der Waals surface area contributed by atoms with Gasteiger partial charge in [0.05, 0.1) is 5.60 Å². The number of ether oxygens (including phenoxy) is 1. The van der Waals surface area contributed by atoms with Gasteiger partial charge >= 0.3 is 0 Å². The van der Waals surface area contributed by atoms with Gasteiger partial charge in [0.15, 0.2) is 0 Å². The Balaban J connectivity index is 1.65. The highest BCUT2D eigenvalue weighted by Gasteiger charge is 2.32. The van der Waals surface area contributed by atoms with Crippen LogP contribution in [0.1, 0.15) is 36.4 Å². The van der Waals surface area contributed by atoms with Crippen molar-refractivity contribution < 1.29 is 14.2 Å². The molecule has 2 aliphatic rings. The summed E-state index contributed by atoms with van der Waals surface area (Å²) >= 11 is 0. The third-order valence-corrected chi connectivity index (χ3v) is 4.31. The van der Waals surface area contributed by atoms with Crippen LogP contribution in [0.2, 0.25) is 0 Å². The van der Waals surface area contributed by atoms with Crippen LogP contribution in [-0.4, -0.2) is 30.5 Å². The van der Waals surface area contributed by atoms with Crippen molar-refractivity contribution in [2.75, 3.05) is 19.8 Å². The van der Waals surface area contributed by atoms with Crippen molar-refractivity contribution in [2.45, 2.75) is 37.3 Å². The summed E-state index contributed by atoms with van der Waals surface area (Å²) in [5, 5.41) is 13.8. The van der Waals surface area contributed by atoms with Crippen molar-refractivity contribution in [1.82, 2.24) is 5.32 Å². The van der Waals surface area contributed by atoms with Crippen LogP contribution < -0.4 is 5.32 Å². The third-order valence-electron chi connectivity index (χ3n) is 4.31. The fourth-order valence-corrected chi connectivity index (χ4v) is 3.06. The van der Waals surface area contributed by atoms with Crippen LogP contribution in [0.5, 0.6) is 0 Å². The molecule has 0 bridgehead atoms. The van der Waals surface area contributed by atoms with E-state index in [-0.39, 0.29) is 11.9 Å². The maximum absolute atomic E-state index is 13.6. The van der Waals surface area contributed by atoms with E-state index in [2.05, 4.69) is 5.32 Å². The van der Waals surface area contributed by atoms with Gasteiger partial charge < -0.3 is 15.2 Å². The van der Waals surface area contributed by atoms with Crippen molar-refractivity contribution in [3.63, 3.8) is 0 Å². The second-order valence-electron chi connectivity index (χ2n) is 5.62. The van der Waals surface area contributed by atoms with Gasteiger partial charge in [-0.05, 0) is 30.0 Å². The van der Waals surface area contributed by atoms with Crippen molar-refractivity contribution in [1.29, 1.82) is 0 Å². The lowest BCUT2D eigenvalue weighted by molar-refractivity contribution is -0.0628. The first-order valence-electron chi connectivity index (χ1n) is 6.99. The minimum absolute atomic E-state index is 0.105. The van der Waals surface area contributed by atoms with Crippen LogP contribution in [0, 0.1) is 5.82 Å². The average molecular weight is 265 g/mol. The molecule has 0 radical (unpaired) electrons. The molecule has 1 atom stereocenters. The first kappa shape index (κ1) is 13.0. The van der Waals surface area contributed by atoms with Gasteiger partial charge in [0, 0.05) is 38.6 Å². The molecule has 0 amide bonds. The SMILES string of the molecule is OC1(CNC2CCc3c(F)cccc32)CCOCC1. The lowest BCUT2D eigenvalue weighted by Gasteiger charge is -2.33. The second kappa shape index (κ2) is 5.19. The Labute approximate surface area is 112 Å². The Morgan fingerprint density at radius 2 is 2.16 bits per heavy atom. The zero-order valence-corrected chi connectivity index (χ0v) is 11.0. The lowest BCUT2D eigenvalue weighted by Crippen LogP contribution is -2.45. The quantitative estimate of drug-likeness (QED) is 0.877. The molecule has 1 aromatic rings. The maximum atomic E-state index is 13.6. The van der Waals surface area contributed by atoms with Gasteiger partial charge in [0.1, 0.15) is 5.82 Å². The normalized spacial score (nSPS) is 25.3. The van der Waals surface area contributed by atoms with E-state index in [1.165, 1.54) is 6.07 Å². The molecule has 1 unspecified atom stereocenters. The fourth-order valence-electron chi connectivity index (χ4n) is 3.06. The molecule has 1 aromatic carbocycles. The predicted octanol–water partition coefficient (Wildman–Crippen LogP) is 1.94. The number of fused-ring (bicyclic) bond motifs is 1. The minimum Gasteiger partial charge on any atom is -0.388 e. The van der Waals surface area contributed by atoms with Crippen LogP contribution in [0.4, 0.5) is 4.39 Å². The van der Waals surface area contributed by atoms with Crippen molar-refractivity contribution in [3.8, 4) is 0 Å². The van der Waals surface area contributed by atoms with E-state index in [0.29, 0.717) is 32.6 Å². The predicted molar refractivity (Wildman–Crippen MR) is 70.5 cm³/mol. The molecular formula is C15H20FNO2. The number of aliphatic hydroxyl groups is 1. The van der Waals surface area contributed by atoms with E-state index in [1.807, 2.05) is 6.07 Å². The Kier molecular flexibility index (Phi) is 3.56. The average Bonchev–Trinajstić information content (AvgIpc) is 2.82. The molecule has 0 aromatic heterocycles. The molecule has 3 rings (SSSR count). The summed E-state index contributed by atoms with van der Waals surface area (Å²) in [6.07, 6.45) is 3.02. The topological polar surface area (TPSA) is 41.5 Å². The van der Waals surface area contributed by atoms with Crippen LogP contribution in [-0.2, 0) is 11.2 Å². The summed E-state index contributed by atoms with van der Waals surface area (Å²) in [5.41, 5.74) is 1.21. The van der Waals surface area contributed by atoms with Crippen LogP contribution in [0.15, 0.2) is 18.2 Å². The molecular weight excluding hydrogens is 245 g/mol. The zero-order chi connectivity index (χ0) is 13.3. The van der Waals surface area contributed by atoms with Crippen LogP contribution in [0.25, 0.3) is 0 Å². The molecule has 1 fully saturated rings. The largest absolute Gasteiger partial charge is 0.388 e. The number of halogens is 1.